The van der Waals surface area contributed by atoms with Gasteiger partial charge in [0.25, 0.3) is 0 Å². The van der Waals surface area contributed by atoms with E-state index in [2.05, 4.69) is 48.4 Å². The van der Waals surface area contributed by atoms with E-state index in [4.69, 9.17) is 0 Å². The molecule has 1 N–H and O–H groups in total. The molecule has 0 radical (unpaired) electrons. The van der Waals surface area contributed by atoms with Crippen molar-refractivity contribution in [2.24, 2.45) is 0 Å². The molecule has 90 valence electrons. The van der Waals surface area contributed by atoms with Crippen LogP contribution in [0.5, 0.6) is 0 Å². The van der Waals surface area contributed by atoms with Crippen LogP contribution < -0.4 is 5.32 Å². The summed E-state index contributed by atoms with van der Waals surface area (Å²) in [6.07, 6.45) is 3.03. The summed E-state index contributed by atoms with van der Waals surface area (Å²) in [4.78, 5) is 4.51. The van der Waals surface area contributed by atoms with Gasteiger partial charge in [0.05, 0.1) is 5.52 Å². The zero-order valence-corrected chi connectivity index (χ0v) is 10.6. The number of para-hydroxylation sites is 1. The predicted molar refractivity (Wildman–Crippen MR) is 73.3 cm³/mol. The second-order valence-corrected chi connectivity index (χ2v) is 4.47. The maximum atomic E-state index is 4.51. The van der Waals surface area contributed by atoms with E-state index in [1.54, 1.807) is 0 Å². The lowest BCUT2D eigenvalue weighted by Gasteiger charge is -2.14. The Morgan fingerprint density at radius 3 is 2.88 bits per heavy atom. The highest BCUT2D eigenvalue weighted by Crippen LogP contribution is 2.25. The summed E-state index contributed by atoms with van der Waals surface area (Å²) in [7, 11) is 0. The molecule has 0 aliphatic rings. The molecule has 0 aliphatic carbocycles. The van der Waals surface area contributed by atoms with Crippen LogP contribution >= 0.6 is 0 Å². The molecule has 2 heteroatoms. The van der Waals surface area contributed by atoms with Gasteiger partial charge in [-0.3, -0.25) is 4.98 Å². The topological polar surface area (TPSA) is 24.9 Å². The Labute approximate surface area is 103 Å². The molecule has 2 rings (SSSR count). The molecule has 1 aromatic heterocycles. The summed E-state index contributed by atoms with van der Waals surface area (Å²) in [5, 5.41) is 4.61. The third-order valence-corrected chi connectivity index (χ3v) is 3.20. The summed E-state index contributed by atoms with van der Waals surface area (Å²) >= 11 is 0. The van der Waals surface area contributed by atoms with Gasteiger partial charge in [0, 0.05) is 11.6 Å². The number of pyridine rings is 1. The molecule has 0 bridgehead atoms. The largest absolute Gasteiger partial charge is 0.317 e. The number of rotatable bonds is 5. The fourth-order valence-corrected chi connectivity index (χ4v) is 2.18. The van der Waals surface area contributed by atoms with Gasteiger partial charge in [-0.05, 0) is 37.1 Å². The lowest BCUT2D eigenvalue weighted by molar-refractivity contribution is 0.610. The first-order valence-electron chi connectivity index (χ1n) is 6.37. The Bertz CT molecular complexity index is 474. The molecule has 0 spiro atoms. The van der Waals surface area contributed by atoms with E-state index in [9.17, 15) is 0 Å². The van der Waals surface area contributed by atoms with Gasteiger partial charge in [0.2, 0.25) is 0 Å². The second-order valence-electron chi connectivity index (χ2n) is 4.47. The van der Waals surface area contributed by atoms with Gasteiger partial charge in [-0.15, -0.1) is 0 Å². The monoisotopic (exact) mass is 228 g/mol. The van der Waals surface area contributed by atoms with Crippen LogP contribution in [0, 0.1) is 0 Å². The van der Waals surface area contributed by atoms with Gasteiger partial charge >= 0.3 is 0 Å². The smallest absolute Gasteiger partial charge is 0.0736 e. The van der Waals surface area contributed by atoms with E-state index >= 15 is 0 Å². The van der Waals surface area contributed by atoms with E-state index in [-0.39, 0.29) is 0 Å². The minimum Gasteiger partial charge on any atom is -0.317 e. The van der Waals surface area contributed by atoms with Gasteiger partial charge in [0.1, 0.15) is 0 Å². The maximum Gasteiger partial charge on any atom is 0.0736 e. The van der Waals surface area contributed by atoms with Crippen molar-refractivity contribution in [2.75, 3.05) is 13.1 Å². The first-order valence-corrected chi connectivity index (χ1v) is 6.37. The fraction of sp³-hybridized carbons (Fsp3) is 0.400. The number of nitrogens with zero attached hydrogens (tertiary/aromatic N) is 1. The van der Waals surface area contributed by atoms with Crippen LogP contribution in [-0.4, -0.2) is 18.1 Å². The van der Waals surface area contributed by atoms with Crippen LogP contribution in [0.4, 0.5) is 0 Å². The molecule has 17 heavy (non-hydrogen) atoms. The predicted octanol–water partition coefficient (Wildman–Crippen LogP) is 3.34. The van der Waals surface area contributed by atoms with Crippen molar-refractivity contribution >= 4 is 10.9 Å². The molecule has 2 nitrogen and oxygen atoms in total. The number of benzene rings is 1. The average molecular weight is 228 g/mol. The van der Waals surface area contributed by atoms with Gasteiger partial charge in [-0.25, -0.2) is 0 Å². The Balaban J connectivity index is 2.22. The van der Waals surface area contributed by atoms with E-state index in [1.807, 2.05) is 12.3 Å². The lowest BCUT2D eigenvalue weighted by atomic mass is 9.95. The minimum atomic E-state index is 0.549. The molecule has 0 saturated heterocycles. The van der Waals surface area contributed by atoms with Crippen molar-refractivity contribution in [3.63, 3.8) is 0 Å². The van der Waals surface area contributed by atoms with Crippen LogP contribution in [-0.2, 0) is 0 Å². The minimum absolute atomic E-state index is 0.549. The Morgan fingerprint density at radius 2 is 2.06 bits per heavy atom. The number of fused-ring (bicyclic) bond motifs is 1. The summed E-state index contributed by atoms with van der Waals surface area (Å²) in [6.45, 7) is 6.53. The maximum absolute atomic E-state index is 4.51. The van der Waals surface area contributed by atoms with Crippen molar-refractivity contribution in [3.8, 4) is 0 Å². The van der Waals surface area contributed by atoms with Gasteiger partial charge in [0.15, 0.2) is 0 Å². The average Bonchev–Trinajstić information content (AvgIpc) is 2.38. The van der Waals surface area contributed by atoms with Crippen LogP contribution in [0.3, 0.4) is 0 Å². The third kappa shape index (κ3) is 2.83. The van der Waals surface area contributed by atoms with Crippen molar-refractivity contribution in [3.05, 3.63) is 42.1 Å². The van der Waals surface area contributed by atoms with Crippen LogP contribution in [0.15, 0.2) is 36.5 Å². The zero-order valence-electron chi connectivity index (χ0n) is 10.6. The molecule has 0 amide bonds. The Morgan fingerprint density at radius 1 is 1.24 bits per heavy atom. The van der Waals surface area contributed by atoms with Gasteiger partial charge < -0.3 is 5.32 Å². The first-order chi connectivity index (χ1) is 8.33. The number of hydrogen-bond donors (Lipinski definition) is 1. The SMILES string of the molecule is CCNCCC(C)c1cccc2cccnc12. The quantitative estimate of drug-likeness (QED) is 0.794. The van der Waals surface area contributed by atoms with Crippen molar-refractivity contribution < 1.29 is 0 Å². The van der Waals surface area contributed by atoms with Crippen molar-refractivity contribution in [1.82, 2.24) is 10.3 Å². The number of nitrogens with one attached hydrogen (secondary N) is 1. The molecular weight excluding hydrogens is 208 g/mol. The molecular formula is C15H20N2. The van der Waals surface area contributed by atoms with Crippen LogP contribution in [0.25, 0.3) is 10.9 Å². The highest BCUT2D eigenvalue weighted by Gasteiger charge is 2.09. The summed E-state index contributed by atoms with van der Waals surface area (Å²) in [5.41, 5.74) is 2.51. The molecule has 1 unspecified atom stereocenters. The molecule has 1 heterocycles. The molecule has 0 fully saturated rings. The van der Waals surface area contributed by atoms with Crippen LogP contribution in [0.2, 0.25) is 0 Å². The van der Waals surface area contributed by atoms with Gasteiger partial charge in [-0.2, -0.15) is 0 Å². The van der Waals surface area contributed by atoms with Crippen molar-refractivity contribution in [2.45, 2.75) is 26.2 Å². The Hall–Kier alpha value is -1.41. The summed E-state index contributed by atoms with van der Waals surface area (Å²) < 4.78 is 0. The number of hydrogen-bond acceptors (Lipinski definition) is 2. The van der Waals surface area contributed by atoms with Crippen LogP contribution in [0.1, 0.15) is 31.7 Å². The first kappa shape index (κ1) is 12.1. The standard InChI is InChI=1S/C15H20N2/c1-3-16-11-9-12(2)14-8-4-6-13-7-5-10-17-15(13)14/h4-8,10,12,16H,3,9,11H2,1-2H3. The van der Waals surface area contributed by atoms with E-state index in [0.717, 1.165) is 25.0 Å². The lowest BCUT2D eigenvalue weighted by Crippen LogP contribution is -2.16. The molecule has 1 atom stereocenters. The fourth-order valence-electron chi connectivity index (χ4n) is 2.18. The highest BCUT2D eigenvalue weighted by molar-refractivity contribution is 5.81. The zero-order chi connectivity index (χ0) is 12.1. The van der Waals surface area contributed by atoms with Gasteiger partial charge in [-0.1, -0.05) is 38.1 Å². The van der Waals surface area contributed by atoms with Crippen molar-refractivity contribution in [1.29, 1.82) is 0 Å². The molecule has 0 saturated carbocycles. The summed E-state index contributed by atoms with van der Waals surface area (Å²) in [5.74, 6) is 0.549. The van der Waals surface area contributed by atoms with E-state index in [1.165, 1.54) is 10.9 Å². The number of aromatic nitrogens is 1. The molecule has 0 aliphatic heterocycles. The Kier molecular flexibility index (Phi) is 4.10. The van der Waals surface area contributed by atoms with E-state index in [0.29, 0.717) is 5.92 Å². The molecule has 1 aromatic carbocycles. The second kappa shape index (κ2) is 5.78. The summed E-state index contributed by atoms with van der Waals surface area (Å²) in [6, 6.07) is 10.6. The third-order valence-electron chi connectivity index (χ3n) is 3.20. The normalized spacial score (nSPS) is 12.8. The van der Waals surface area contributed by atoms with E-state index < -0.39 is 0 Å². The highest BCUT2D eigenvalue weighted by atomic mass is 14.8. The molecule has 2 aromatic rings.